The number of hydrogen-bond acceptors (Lipinski definition) is 4. The standard InChI is InChI=1S/C11H6F5NO2S/c1-19-10(18)6-3-7(9(12)13)8(2-5(6)4-17)20-11(14,15)16/h2-3,9H,1H3. The molecular weight excluding hydrogens is 305 g/mol. The molecule has 0 aliphatic heterocycles. The smallest absolute Gasteiger partial charge is 0.446 e. The highest BCUT2D eigenvalue weighted by Gasteiger charge is 2.33. The van der Waals surface area contributed by atoms with Crippen molar-refractivity contribution in [3.05, 3.63) is 28.8 Å². The summed E-state index contributed by atoms with van der Waals surface area (Å²) >= 11 is -0.770. The number of hydrogen-bond donors (Lipinski definition) is 0. The van der Waals surface area contributed by atoms with E-state index in [9.17, 15) is 26.7 Å². The van der Waals surface area contributed by atoms with Gasteiger partial charge in [-0.05, 0) is 23.9 Å². The predicted octanol–water partition coefficient (Wildman–Crippen LogP) is 3.89. The number of esters is 1. The molecule has 0 atom stereocenters. The van der Waals surface area contributed by atoms with Crippen LogP contribution in [0.1, 0.15) is 27.9 Å². The molecule has 0 unspecified atom stereocenters. The first kappa shape index (κ1) is 16.2. The number of methoxy groups -OCH3 is 1. The minimum Gasteiger partial charge on any atom is -0.465 e. The summed E-state index contributed by atoms with van der Waals surface area (Å²) in [6.45, 7) is 0. The number of ether oxygens (including phenoxy) is 1. The normalized spacial score (nSPS) is 11.3. The third-order valence-electron chi connectivity index (χ3n) is 2.14. The summed E-state index contributed by atoms with van der Waals surface area (Å²) in [5.41, 5.74) is -6.74. The molecule has 0 aliphatic rings. The van der Waals surface area contributed by atoms with Gasteiger partial charge in [0.2, 0.25) is 0 Å². The van der Waals surface area contributed by atoms with Crippen LogP contribution in [0.5, 0.6) is 0 Å². The number of nitriles is 1. The van der Waals surface area contributed by atoms with Gasteiger partial charge in [-0.15, -0.1) is 0 Å². The van der Waals surface area contributed by atoms with Gasteiger partial charge in [0.25, 0.3) is 6.43 Å². The van der Waals surface area contributed by atoms with E-state index in [-0.39, 0.29) is 0 Å². The van der Waals surface area contributed by atoms with Gasteiger partial charge in [0.1, 0.15) is 6.07 Å². The number of halogens is 5. The second-order valence-corrected chi connectivity index (χ2v) is 4.49. The van der Waals surface area contributed by atoms with Crippen molar-refractivity contribution in [1.29, 1.82) is 5.26 Å². The summed E-state index contributed by atoms with van der Waals surface area (Å²) in [5, 5.41) is 8.78. The highest BCUT2D eigenvalue weighted by molar-refractivity contribution is 8.00. The van der Waals surface area contributed by atoms with Gasteiger partial charge in [-0.25, -0.2) is 13.6 Å². The Morgan fingerprint density at radius 3 is 2.40 bits per heavy atom. The molecule has 0 aliphatic carbocycles. The number of benzene rings is 1. The lowest BCUT2D eigenvalue weighted by Gasteiger charge is -2.13. The molecule has 20 heavy (non-hydrogen) atoms. The Hall–Kier alpha value is -1.82. The summed E-state index contributed by atoms with van der Waals surface area (Å²) in [5.74, 6) is -1.08. The molecule has 0 amide bonds. The van der Waals surface area contributed by atoms with Crippen molar-refractivity contribution in [2.45, 2.75) is 16.8 Å². The molecule has 0 heterocycles. The van der Waals surface area contributed by atoms with Crippen LogP contribution in [0.3, 0.4) is 0 Å². The third kappa shape index (κ3) is 3.84. The molecule has 9 heteroatoms. The average molecular weight is 311 g/mol. The van der Waals surface area contributed by atoms with Gasteiger partial charge >= 0.3 is 11.5 Å². The fraction of sp³-hybridized carbons (Fsp3) is 0.273. The molecule has 0 saturated carbocycles. The first-order chi connectivity index (χ1) is 9.19. The van der Waals surface area contributed by atoms with E-state index < -0.39 is 51.3 Å². The number of carbonyl (C=O) groups is 1. The quantitative estimate of drug-likeness (QED) is 0.483. The SMILES string of the molecule is COC(=O)c1cc(C(F)F)c(SC(F)(F)F)cc1C#N. The molecule has 0 radical (unpaired) electrons. The molecule has 0 bridgehead atoms. The largest absolute Gasteiger partial charge is 0.465 e. The molecular formula is C11H6F5NO2S. The van der Waals surface area contributed by atoms with Crippen LogP contribution in [0.4, 0.5) is 22.0 Å². The first-order valence-corrected chi connectivity index (χ1v) is 5.71. The van der Waals surface area contributed by atoms with E-state index in [1.54, 1.807) is 0 Å². The van der Waals surface area contributed by atoms with E-state index in [2.05, 4.69) is 4.74 Å². The van der Waals surface area contributed by atoms with Crippen LogP contribution in [-0.4, -0.2) is 18.6 Å². The summed E-state index contributed by atoms with van der Waals surface area (Å²) in [7, 11) is 0.962. The van der Waals surface area contributed by atoms with Crippen LogP contribution in [0.25, 0.3) is 0 Å². The fourth-order valence-corrected chi connectivity index (χ4v) is 2.04. The second kappa shape index (κ2) is 6.09. The highest BCUT2D eigenvalue weighted by Crippen LogP contribution is 2.42. The Morgan fingerprint density at radius 1 is 1.40 bits per heavy atom. The lowest BCUT2D eigenvalue weighted by atomic mass is 10.0. The van der Waals surface area contributed by atoms with Crippen molar-refractivity contribution in [3.63, 3.8) is 0 Å². The molecule has 0 saturated heterocycles. The van der Waals surface area contributed by atoms with Crippen molar-refractivity contribution >= 4 is 17.7 Å². The van der Waals surface area contributed by atoms with E-state index in [0.717, 1.165) is 7.11 Å². The Bertz CT molecular complexity index is 565. The van der Waals surface area contributed by atoms with Crippen molar-refractivity contribution in [2.24, 2.45) is 0 Å². The molecule has 0 N–H and O–H groups in total. The van der Waals surface area contributed by atoms with Gasteiger partial charge in [0.05, 0.1) is 18.2 Å². The number of nitrogens with zero attached hydrogens (tertiary/aromatic N) is 1. The van der Waals surface area contributed by atoms with Crippen molar-refractivity contribution < 1.29 is 31.5 Å². The minimum absolute atomic E-state index is 0.465. The maximum atomic E-state index is 12.8. The Morgan fingerprint density at radius 2 is 2.00 bits per heavy atom. The van der Waals surface area contributed by atoms with Crippen molar-refractivity contribution in [1.82, 2.24) is 0 Å². The van der Waals surface area contributed by atoms with Gasteiger partial charge in [-0.2, -0.15) is 18.4 Å². The van der Waals surface area contributed by atoms with E-state index >= 15 is 0 Å². The van der Waals surface area contributed by atoms with E-state index in [4.69, 9.17) is 5.26 Å². The maximum Gasteiger partial charge on any atom is 0.446 e. The van der Waals surface area contributed by atoms with Gasteiger partial charge < -0.3 is 4.74 Å². The Kier molecular flexibility index (Phi) is 4.94. The van der Waals surface area contributed by atoms with Gasteiger partial charge in [0, 0.05) is 10.5 Å². The number of thioether (sulfide) groups is 1. The average Bonchev–Trinajstić information content (AvgIpc) is 2.35. The Labute approximate surface area is 114 Å². The molecule has 0 fully saturated rings. The molecule has 3 nitrogen and oxygen atoms in total. The predicted molar refractivity (Wildman–Crippen MR) is 59.4 cm³/mol. The van der Waals surface area contributed by atoms with Crippen molar-refractivity contribution in [2.75, 3.05) is 7.11 Å². The van der Waals surface area contributed by atoms with Gasteiger partial charge in [-0.1, -0.05) is 0 Å². The van der Waals surface area contributed by atoms with Crippen LogP contribution in [0.15, 0.2) is 17.0 Å². The summed E-state index contributed by atoms with van der Waals surface area (Å²) < 4.78 is 66.7. The number of rotatable bonds is 3. The van der Waals surface area contributed by atoms with Crippen LogP contribution < -0.4 is 0 Å². The summed E-state index contributed by atoms with van der Waals surface area (Å²) in [4.78, 5) is 10.5. The number of carbonyl (C=O) groups excluding carboxylic acids is 1. The second-order valence-electron chi connectivity index (χ2n) is 3.39. The topological polar surface area (TPSA) is 50.1 Å². The van der Waals surface area contributed by atoms with E-state index in [1.165, 1.54) is 6.07 Å². The van der Waals surface area contributed by atoms with Crippen LogP contribution in [0, 0.1) is 11.3 Å². The van der Waals surface area contributed by atoms with Gasteiger partial charge in [0.15, 0.2) is 0 Å². The molecule has 1 aromatic carbocycles. The summed E-state index contributed by atoms with van der Waals surface area (Å²) in [6.07, 6.45) is -3.23. The van der Waals surface area contributed by atoms with Crippen LogP contribution in [-0.2, 0) is 4.74 Å². The zero-order chi connectivity index (χ0) is 15.5. The summed E-state index contributed by atoms with van der Waals surface area (Å²) in [6, 6.07) is 2.62. The fourth-order valence-electron chi connectivity index (χ4n) is 1.35. The number of alkyl halides is 5. The molecule has 0 spiro atoms. The first-order valence-electron chi connectivity index (χ1n) is 4.90. The molecule has 1 rings (SSSR count). The zero-order valence-electron chi connectivity index (χ0n) is 9.79. The molecule has 0 aromatic heterocycles. The lowest BCUT2D eigenvalue weighted by molar-refractivity contribution is -0.0329. The molecule has 1 aromatic rings. The van der Waals surface area contributed by atoms with Crippen molar-refractivity contribution in [3.8, 4) is 6.07 Å². The van der Waals surface area contributed by atoms with Crippen LogP contribution >= 0.6 is 11.8 Å². The zero-order valence-corrected chi connectivity index (χ0v) is 10.6. The Balaban J connectivity index is 3.46. The monoisotopic (exact) mass is 311 g/mol. The van der Waals surface area contributed by atoms with E-state index in [1.807, 2.05) is 0 Å². The molecule has 108 valence electrons. The third-order valence-corrected chi connectivity index (χ3v) is 2.94. The highest BCUT2D eigenvalue weighted by atomic mass is 32.2. The minimum atomic E-state index is -4.79. The maximum absolute atomic E-state index is 12.8. The van der Waals surface area contributed by atoms with Crippen LogP contribution in [0.2, 0.25) is 0 Å². The van der Waals surface area contributed by atoms with Gasteiger partial charge in [-0.3, -0.25) is 0 Å². The van der Waals surface area contributed by atoms with E-state index in [0.29, 0.717) is 12.1 Å². The lowest BCUT2D eigenvalue weighted by Crippen LogP contribution is -2.08.